The van der Waals surface area contributed by atoms with Gasteiger partial charge in [-0.15, -0.1) is 24.0 Å². The SMILES string of the molecule is CCNC(=NCC(=O)NCCOC)N1CCN(C(=O)C2CCCO2)CC1.I. The number of hydrogen-bond donors (Lipinski definition) is 2. The average Bonchev–Trinajstić information content (AvgIpc) is 3.20. The average molecular weight is 497 g/mol. The highest BCUT2D eigenvalue weighted by Crippen LogP contribution is 2.16. The fraction of sp³-hybridized carbons (Fsp3) is 0.824. The van der Waals surface area contributed by atoms with Gasteiger partial charge in [-0.25, -0.2) is 4.99 Å². The van der Waals surface area contributed by atoms with Gasteiger partial charge in [-0.05, 0) is 19.8 Å². The summed E-state index contributed by atoms with van der Waals surface area (Å²) in [6, 6.07) is 0. The van der Waals surface area contributed by atoms with Crippen molar-refractivity contribution in [2.45, 2.75) is 25.9 Å². The molecule has 2 N–H and O–H groups in total. The molecule has 27 heavy (non-hydrogen) atoms. The summed E-state index contributed by atoms with van der Waals surface area (Å²) < 4.78 is 10.4. The Hall–Kier alpha value is -1.14. The predicted octanol–water partition coefficient (Wildman–Crippen LogP) is -0.344. The summed E-state index contributed by atoms with van der Waals surface area (Å²) in [5.74, 6) is 0.671. The lowest BCUT2D eigenvalue weighted by atomic mass is 10.2. The number of nitrogens with one attached hydrogen (secondary N) is 2. The van der Waals surface area contributed by atoms with E-state index in [1.807, 2.05) is 11.8 Å². The van der Waals surface area contributed by atoms with Crippen LogP contribution in [0.4, 0.5) is 0 Å². The molecule has 0 radical (unpaired) electrons. The Morgan fingerprint density at radius 3 is 2.48 bits per heavy atom. The number of amides is 2. The van der Waals surface area contributed by atoms with Crippen LogP contribution in [0.1, 0.15) is 19.8 Å². The van der Waals surface area contributed by atoms with Gasteiger partial charge in [0.05, 0.1) is 6.61 Å². The molecule has 0 saturated carbocycles. The first-order valence-corrected chi connectivity index (χ1v) is 9.35. The molecule has 2 aliphatic rings. The van der Waals surface area contributed by atoms with Crippen molar-refractivity contribution in [3.8, 4) is 0 Å². The van der Waals surface area contributed by atoms with E-state index in [1.54, 1.807) is 7.11 Å². The van der Waals surface area contributed by atoms with E-state index >= 15 is 0 Å². The summed E-state index contributed by atoms with van der Waals surface area (Å²) in [6.07, 6.45) is 1.51. The lowest BCUT2D eigenvalue weighted by Crippen LogP contribution is -2.55. The third kappa shape index (κ3) is 7.78. The number of methoxy groups -OCH3 is 1. The third-order valence-corrected chi connectivity index (χ3v) is 4.43. The lowest BCUT2D eigenvalue weighted by Gasteiger charge is -2.37. The number of carbonyl (C=O) groups excluding carboxylic acids is 2. The molecule has 2 rings (SSSR count). The minimum absolute atomic E-state index is 0. The molecule has 1 unspecified atom stereocenters. The Morgan fingerprint density at radius 2 is 1.89 bits per heavy atom. The van der Waals surface area contributed by atoms with Crippen LogP contribution in [0.5, 0.6) is 0 Å². The Labute approximate surface area is 178 Å². The van der Waals surface area contributed by atoms with Crippen molar-refractivity contribution in [2.24, 2.45) is 4.99 Å². The number of hydrogen-bond acceptors (Lipinski definition) is 5. The zero-order valence-corrected chi connectivity index (χ0v) is 18.6. The summed E-state index contributed by atoms with van der Waals surface area (Å²) in [5, 5.41) is 5.97. The summed E-state index contributed by atoms with van der Waals surface area (Å²) in [7, 11) is 1.59. The molecule has 2 amide bonds. The minimum atomic E-state index is -0.265. The molecule has 0 aliphatic carbocycles. The van der Waals surface area contributed by atoms with Gasteiger partial charge in [-0.3, -0.25) is 9.59 Å². The van der Waals surface area contributed by atoms with Crippen molar-refractivity contribution in [3.63, 3.8) is 0 Å². The molecule has 156 valence electrons. The number of halogens is 1. The molecule has 0 bridgehead atoms. The molecular weight excluding hydrogens is 465 g/mol. The second-order valence-corrected chi connectivity index (χ2v) is 6.33. The van der Waals surface area contributed by atoms with Gasteiger partial charge in [0.2, 0.25) is 5.91 Å². The van der Waals surface area contributed by atoms with Crippen LogP contribution in [0.15, 0.2) is 4.99 Å². The monoisotopic (exact) mass is 497 g/mol. The van der Waals surface area contributed by atoms with Gasteiger partial charge in [0.15, 0.2) is 5.96 Å². The minimum Gasteiger partial charge on any atom is -0.383 e. The van der Waals surface area contributed by atoms with E-state index in [-0.39, 0.29) is 48.4 Å². The van der Waals surface area contributed by atoms with E-state index in [1.165, 1.54) is 0 Å². The first-order chi connectivity index (χ1) is 12.7. The van der Waals surface area contributed by atoms with Crippen LogP contribution in [0, 0.1) is 0 Å². The van der Waals surface area contributed by atoms with Crippen LogP contribution >= 0.6 is 24.0 Å². The molecule has 0 aromatic heterocycles. The lowest BCUT2D eigenvalue weighted by molar-refractivity contribution is -0.142. The highest BCUT2D eigenvalue weighted by molar-refractivity contribution is 14.0. The van der Waals surface area contributed by atoms with Crippen LogP contribution < -0.4 is 10.6 Å². The number of carbonyl (C=O) groups is 2. The molecule has 0 spiro atoms. The second kappa shape index (κ2) is 13.1. The maximum absolute atomic E-state index is 12.4. The number of ether oxygens (including phenoxy) is 2. The Morgan fingerprint density at radius 1 is 1.19 bits per heavy atom. The van der Waals surface area contributed by atoms with E-state index in [4.69, 9.17) is 9.47 Å². The van der Waals surface area contributed by atoms with E-state index in [0.717, 1.165) is 19.4 Å². The molecule has 10 heteroatoms. The molecule has 2 fully saturated rings. The van der Waals surface area contributed by atoms with Gasteiger partial charge in [0.1, 0.15) is 12.6 Å². The largest absolute Gasteiger partial charge is 0.383 e. The molecule has 2 heterocycles. The molecule has 0 aromatic carbocycles. The summed E-state index contributed by atoms with van der Waals surface area (Å²) >= 11 is 0. The normalized spacial score (nSPS) is 20.2. The second-order valence-electron chi connectivity index (χ2n) is 6.33. The maximum atomic E-state index is 12.4. The Kier molecular flexibility index (Phi) is 11.6. The number of guanidine groups is 1. The summed E-state index contributed by atoms with van der Waals surface area (Å²) in [4.78, 5) is 32.6. The highest BCUT2D eigenvalue weighted by atomic mass is 127. The van der Waals surface area contributed by atoms with Crippen LogP contribution in [-0.2, 0) is 19.1 Å². The van der Waals surface area contributed by atoms with Gasteiger partial charge in [-0.1, -0.05) is 0 Å². The third-order valence-electron chi connectivity index (χ3n) is 4.43. The molecule has 9 nitrogen and oxygen atoms in total. The van der Waals surface area contributed by atoms with E-state index in [0.29, 0.717) is 51.9 Å². The topological polar surface area (TPSA) is 95.5 Å². The van der Waals surface area contributed by atoms with Crippen molar-refractivity contribution in [2.75, 3.05) is 66.1 Å². The van der Waals surface area contributed by atoms with Gasteiger partial charge >= 0.3 is 0 Å². The standard InChI is InChI=1S/C17H31N5O4.HI/c1-3-18-17(20-13-15(23)19-6-12-25-2)22-9-7-21(8-10-22)16(24)14-5-4-11-26-14;/h14H,3-13H2,1-2H3,(H,18,20)(H,19,23);1H. The van der Waals surface area contributed by atoms with Crippen molar-refractivity contribution < 1.29 is 19.1 Å². The van der Waals surface area contributed by atoms with Gasteiger partial charge < -0.3 is 29.9 Å². The molecule has 2 aliphatic heterocycles. The molecule has 2 saturated heterocycles. The number of aliphatic imine (C=N–C) groups is 1. The molecular formula is C17H32IN5O4. The summed E-state index contributed by atoms with van der Waals surface area (Å²) in [6.45, 7) is 7.09. The Bertz CT molecular complexity index is 492. The van der Waals surface area contributed by atoms with Crippen molar-refractivity contribution in [3.05, 3.63) is 0 Å². The smallest absolute Gasteiger partial charge is 0.251 e. The fourth-order valence-electron chi connectivity index (χ4n) is 3.04. The highest BCUT2D eigenvalue weighted by Gasteiger charge is 2.30. The van der Waals surface area contributed by atoms with Crippen molar-refractivity contribution >= 4 is 41.8 Å². The first kappa shape index (κ1) is 23.9. The zero-order valence-electron chi connectivity index (χ0n) is 16.2. The van der Waals surface area contributed by atoms with Crippen molar-refractivity contribution in [1.29, 1.82) is 0 Å². The number of rotatable bonds is 7. The van der Waals surface area contributed by atoms with Gasteiger partial charge in [0, 0.05) is 53.0 Å². The van der Waals surface area contributed by atoms with E-state index in [9.17, 15) is 9.59 Å². The van der Waals surface area contributed by atoms with E-state index < -0.39 is 0 Å². The van der Waals surface area contributed by atoms with Crippen molar-refractivity contribution in [1.82, 2.24) is 20.4 Å². The number of nitrogens with zero attached hydrogens (tertiary/aromatic N) is 3. The molecule has 0 aromatic rings. The van der Waals surface area contributed by atoms with Gasteiger partial charge in [0.25, 0.3) is 5.91 Å². The van der Waals surface area contributed by atoms with Crippen LogP contribution in [-0.4, -0.2) is 99.8 Å². The molecule has 1 atom stereocenters. The van der Waals surface area contributed by atoms with E-state index in [2.05, 4.69) is 20.5 Å². The van der Waals surface area contributed by atoms with Crippen LogP contribution in [0.25, 0.3) is 0 Å². The Balaban J connectivity index is 0.00000364. The maximum Gasteiger partial charge on any atom is 0.251 e. The van der Waals surface area contributed by atoms with Crippen LogP contribution in [0.2, 0.25) is 0 Å². The first-order valence-electron chi connectivity index (χ1n) is 9.35. The predicted molar refractivity (Wildman–Crippen MR) is 113 cm³/mol. The number of piperazine rings is 1. The summed E-state index contributed by atoms with van der Waals surface area (Å²) in [5.41, 5.74) is 0. The quantitative estimate of drug-likeness (QED) is 0.216. The fourth-order valence-corrected chi connectivity index (χ4v) is 3.04. The van der Waals surface area contributed by atoms with Crippen LogP contribution in [0.3, 0.4) is 0 Å². The van der Waals surface area contributed by atoms with Gasteiger partial charge in [-0.2, -0.15) is 0 Å². The zero-order chi connectivity index (χ0) is 18.8.